The maximum atomic E-state index is 13.0. The fourth-order valence-electron chi connectivity index (χ4n) is 4.06. The average Bonchev–Trinajstić information content (AvgIpc) is 2.82. The highest BCUT2D eigenvalue weighted by Gasteiger charge is 2.25. The Bertz CT molecular complexity index is 1070. The van der Waals surface area contributed by atoms with Crippen LogP contribution in [0.4, 0.5) is 0 Å². The SMILES string of the molecule is COc1ccc(CC(=O)NCC2CCCN(C(=O)c3ccc4ncccc4c3)C2)cc1. The van der Waals surface area contributed by atoms with Crippen LogP contribution in [0.5, 0.6) is 5.75 Å². The number of amides is 2. The van der Waals surface area contributed by atoms with Crippen LogP contribution in [0.2, 0.25) is 0 Å². The quantitative estimate of drug-likeness (QED) is 0.667. The van der Waals surface area contributed by atoms with Gasteiger partial charge in [-0.15, -0.1) is 0 Å². The molecule has 1 N–H and O–H groups in total. The molecular weight excluding hydrogens is 390 g/mol. The van der Waals surface area contributed by atoms with Gasteiger partial charge in [0, 0.05) is 36.8 Å². The van der Waals surface area contributed by atoms with Gasteiger partial charge in [0.15, 0.2) is 0 Å². The molecule has 0 spiro atoms. The molecule has 0 aliphatic carbocycles. The van der Waals surface area contributed by atoms with E-state index in [1.807, 2.05) is 59.5 Å². The summed E-state index contributed by atoms with van der Waals surface area (Å²) in [5, 5.41) is 4.00. The number of ether oxygens (including phenoxy) is 1. The fourth-order valence-corrected chi connectivity index (χ4v) is 4.06. The zero-order chi connectivity index (χ0) is 21.6. The molecule has 6 nitrogen and oxygen atoms in total. The number of hydrogen-bond acceptors (Lipinski definition) is 4. The molecule has 1 aliphatic rings. The number of pyridine rings is 1. The third-order valence-corrected chi connectivity index (χ3v) is 5.77. The smallest absolute Gasteiger partial charge is 0.253 e. The molecule has 1 aromatic heterocycles. The van der Waals surface area contributed by atoms with Gasteiger partial charge in [0.1, 0.15) is 5.75 Å². The van der Waals surface area contributed by atoms with Crippen molar-refractivity contribution in [3.63, 3.8) is 0 Å². The van der Waals surface area contributed by atoms with E-state index in [2.05, 4.69) is 10.3 Å². The third kappa shape index (κ3) is 5.20. The zero-order valence-electron chi connectivity index (χ0n) is 17.7. The summed E-state index contributed by atoms with van der Waals surface area (Å²) in [6.45, 7) is 1.99. The minimum Gasteiger partial charge on any atom is -0.497 e. The molecule has 1 saturated heterocycles. The van der Waals surface area contributed by atoms with Crippen molar-refractivity contribution in [1.29, 1.82) is 0 Å². The minimum atomic E-state index is -0.00403. The van der Waals surface area contributed by atoms with E-state index in [-0.39, 0.29) is 17.7 Å². The van der Waals surface area contributed by atoms with Crippen molar-refractivity contribution >= 4 is 22.7 Å². The Balaban J connectivity index is 1.31. The summed E-state index contributed by atoms with van der Waals surface area (Å²) in [6, 6.07) is 17.0. The molecule has 160 valence electrons. The van der Waals surface area contributed by atoms with Crippen molar-refractivity contribution in [2.45, 2.75) is 19.3 Å². The summed E-state index contributed by atoms with van der Waals surface area (Å²) < 4.78 is 5.15. The monoisotopic (exact) mass is 417 g/mol. The fraction of sp³-hybridized carbons (Fsp3) is 0.320. The molecule has 0 radical (unpaired) electrons. The lowest BCUT2D eigenvalue weighted by molar-refractivity contribution is -0.120. The molecule has 4 rings (SSSR count). The number of rotatable bonds is 6. The first-order chi connectivity index (χ1) is 15.1. The van der Waals surface area contributed by atoms with Crippen LogP contribution in [-0.2, 0) is 11.2 Å². The van der Waals surface area contributed by atoms with Gasteiger partial charge in [-0.2, -0.15) is 0 Å². The van der Waals surface area contributed by atoms with Crippen LogP contribution < -0.4 is 10.1 Å². The number of aromatic nitrogens is 1. The molecule has 6 heteroatoms. The number of carbonyl (C=O) groups is 2. The van der Waals surface area contributed by atoms with E-state index >= 15 is 0 Å². The Labute approximate surface area is 182 Å². The Kier molecular flexibility index (Phi) is 6.46. The molecule has 0 saturated carbocycles. The lowest BCUT2D eigenvalue weighted by Crippen LogP contribution is -2.43. The van der Waals surface area contributed by atoms with Crippen LogP contribution >= 0.6 is 0 Å². The predicted octanol–water partition coefficient (Wildman–Crippen LogP) is 3.45. The molecule has 1 fully saturated rings. The second-order valence-corrected chi connectivity index (χ2v) is 8.00. The molecule has 31 heavy (non-hydrogen) atoms. The van der Waals surface area contributed by atoms with Crippen molar-refractivity contribution in [2.24, 2.45) is 5.92 Å². The van der Waals surface area contributed by atoms with Gasteiger partial charge in [-0.1, -0.05) is 18.2 Å². The van der Waals surface area contributed by atoms with Crippen molar-refractivity contribution in [3.05, 3.63) is 71.9 Å². The van der Waals surface area contributed by atoms with Crippen molar-refractivity contribution in [1.82, 2.24) is 15.2 Å². The van der Waals surface area contributed by atoms with E-state index in [0.717, 1.165) is 41.6 Å². The summed E-state index contributed by atoms with van der Waals surface area (Å²) >= 11 is 0. The van der Waals surface area contributed by atoms with Gasteiger partial charge >= 0.3 is 0 Å². The van der Waals surface area contributed by atoms with Gasteiger partial charge in [-0.3, -0.25) is 14.6 Å². The van der Waals surface area contributed by atoms with Crippen LogP contribution in [0.1, 0.15) is 28.8 Å². The number of piperidine rings is 1. The first-order valence-corrected chi connectivity index (χ1v) is 10.7. The topological polar surface area (TPSA) is 71.5 Å². The maximum Gasteiger partial charge on any atom is 0.253 e. The maximum absolute atomic E-state index is 13.0. The number of hydrogen-bond donors (Lipinski definition) is 1. The van der Waals surface area contributed by atoms with Gasteiger partial charge < -0.3 is 15.0 Å². The van der Waals surface area contributed by atoms with Crippen molar-refractivity contribution < 1.29 is 14.3 Å². The van der Waals surface area contributed by atoms with E-state index in [4.69, 9.17) is 4.74 Å². The first-order valence-electron chi connectivity index (χ1n) is 10.7. The molecule has 3 aromatic rings. The first kappa shape index (κ1) is 20.8. The molecule has 1 unspecified atom stereocenters. The Hall–Kier alpha value is -3.41. The largest absolute Gasteiger partial charge is 0.497 e. The molecule has 0 bridgehead atoms. The Morgan fingerprint density at radius 2 is 2.00 bits per heavy atom. The molecular formula is C25H27N3O3. The molecule has 1 aliphatic heterocycles. The van der Waals surface area contributed by atoms with Gasteiger partial charge in [0.2, 0.25) is 5.91 Å². The summed E-state index contributed by atoms with van der Waals surface area (Å²) in [5.41, 5.74) is 2.52. The number of nitrogens with zero attached hydrogens (tertiary/aromatic N) is 2. The van der Waals surface area contributed by atoms with E-state index < -0.39 is 0 Å². The Morgan fingerprint density at radius 3 is 2.81 bits per heavy atom. The van der Waals surface area contributed by atoms with Crippen LogP contribution in [-0.4, -0.2) is 48.4 Å². The van der Waals surface area contributed by atoms with Gasteiger partial charge in [-0.05, 0) is 60.7 Å². The van der Waals surface area contributed by atoms with Crippen LogP contribution in [0.25, 0.3) is 10.9 Å². The lowest BCUT2D eigenvalue weighted by atomic mass is 9.97. The number of benzene rings is 2. The second kappa shape index (κ2) is 9.60. The summed E-state index contributed by atoms with van der Waals surface area (Å²) in [7, 11) is 1.62. The minimum absolute atomic E-state index is 0.00403. The van der Waals surface area contributed by atoms with Gasteiger partial charge in [0.25, 0.3) is 5.91 Å². The normalized spacial score (nSPS) is 16.2. The van der Waals surface area contributed by atoms with Gasteiger partial charge in [0.05, 0.1) is 19.0 Å². The molecule has 2 heterocycles. The zero-order valence-corrected chi connectivity index (χ0v) is 17.7. The second-order valence-electron chi connectivity index (χ2n) is 8.00. The molecule has 2 amide bonds. The highest BCUT2D eigenvalue weighted by Crippen LogP contribution is 2.20. The number of carbonyl (C=O) groups excluding carboxylic acids is 2. The number of methoxy groups -OCH3 is 1. The summed E-state index contributed by atoms with van der Waals surface area (Å²) in [4.78, 5) is 31.6. The molecule has 1 atom stereocenters. The van der Waals surface area contributed by atoms with Crippen LogP contribution in [0.3, 0.4) is 0 Å². The van der Waals surface area contributed by atoms with Crippen LogP contribution in [0, 0.1) is 5.92 Å². The van der Waals surface area contributed by atoms with E-state index in [1.54, 1.807) is 13.3 Å². The standard InChI is InChI=1S/C25H27N3O3/c1-31-22-9-6-18(7-10-22)14-24(29)27-16-19-4-3-13-28(17-19)25(30)21-8-11-23-20(15-21)5-2-12-26-23/h2,5-12,15,19H,3-4,13-14,16-17H2,1H3,(H,27,29). The van der Waals surface area contributed by atoms with E-state index in [0.29, 0.717) is 25.1 Å². The summed E-state index contributed by atoms with van der Waals surface area (Å²) in [5.74, 6) is 1.08. The number of nitrogens with one attached hydrogen (secondary N) is 1. The van der Waals surface area contributed by atoms with E-state index in [1.165, 1.54) is 0 Å². The van der Waals surface area contributed by atoms with Crippen molar-refractivity contribution in [3.8, 4) is 5.75 Å². The van der Waals surface area contributed by atoms with Crippen molar-refractivity contribution in [2.75, 3.05) is 26.7 Å². The number of likely N-dealkylation sites (tertiary alicyclic amines) is 1. The predicted molar refractivity (Wildman–Crippen MR) is 120 cm³/mol. The Morgan fingerprint density at radius 1 is 1.16 bits per heavy atom. The highest BCUT2D eigenvalue weighted by atomic mass is 16.5. The van der Waals surface area contributed by atoms with Gasteiger partial charge in [-0.25, -0.2) is 0 Å². The third-order valence-electron chi connectivity index (χ3n) is 5.77. The molecule has 2 aromatic carbocycles. The average molecular weight is 418 g/mol. The highest BCUT2D eigenvalue weighted by molar-refractivity contribution is 5.98. The summed E-state index contributed by atoms with van der Waals surface area (Å²) in [6.07, 6.45) is 4.04. The lowest BCUT2D eigenvalue weighted by Gasteiger charge is -2.33. The van der Waals surface area contributed by atoms with Crippen LogP contribution in [0.15, 0.2) is 60.8 Å². The number of fused-ring (bicyclic) bond motifs is 1. The van der Waals surface area contributed by atoms with E-state index in [9.17, 15) is 9.59 Å².